The van der Waals surface area contributed by atoms with E-state index in [1.54, 1.807) is 4.68 Å². The van der Waals surface area contributed by atoms with Crippen LogP contribution in [0.5, 0.6) is 5.75 Å². The number of ether oxygens (including phenoxy) is 1. The van der Waals surface area contributed by atoms with E-state index >= 15 is 0 Å². The average Bonchev–Trinajstić information content (AvgIpc) is 2.99. The van der Waals surface area contributed by atoms with Crippen LogP contribution in [0, 0.1) is 0 Å². The van der Waals surface area contributed by atoms with Crippen molar-refractivity contribution < 1.29 is 4.74 Å². The molecule has 3 rings (SSSR count). The van der Waals surface area contributed by atoms with E-state index in [1.807, 2.05) is 55.5 Å². The Morgan fingerprint density at radius 3 is 2.45 bits per heavy atom. The summed E-state index contributed by atoms with van der Waals surface area (Å²) in [5, 5.41) is 12.0. The summed E-state index contributed by atoms with van der Waals surface area (Å²) in [6.45, 7) is 3.20. The molecular formula is C16H17N5O. The fourth-order valence-corrected chi connectivity index (χ4v) is 2.18. The molecule has 1 aromatic heterocycles. The van der Waals surface area contributed by atoms with E-state index in [1.165, 1.54) is 0 Å². The van der Waals surface area contributed by atoms with Crippen molar-refractivity contribution in [3.8, 4) is 17.1 Å². The molecule has 22 heavy (non-hydrogen) atoms. The molecule has 3 aromatic rings. The summed E-state index contributed by atoms with van der Waals surface area (Å²) in [5.41, 5.74) is 8.48. The fourth-order valence-electron chi connectivity index (χ4n) is 2.18. The maximum absolute atomic E-state index is 5.70. The first kappa shape index (κ1) is 14.1. The van der Waals surface area contributed by atoms with E-state index in [9.17, 15) is 0 Å². The first-order valence-electron chi connectivity index (χ1n) is 7.10. The lowest BCUT2D eigenvalue weighted by atomic mass is 10.2. The molecule has 0 radical (unpaired) electrons. The van der Waals surface area contributed by atoms with E-state index in [0.29, 0.717) is 13.2 Å². The third kappa shape index (κ3) is 3.06. The lowest BCUT2D eigenvalue weighted by Crippen LogP contribution is -2.04. The van der Waals surface area contributed by atoms with Crippen LogP contribution < -0.4 is 10.5 Å². The summed E-state index contributed by atoms with van der Waals surface area (Å²) in [5.74, 6) is 1.56. The smallest absolute Gasteiger partial charge is 0.182 e. The topological polar surface area (TPSA) is 78.9 Å². The molecule has 6 heteroatoms. The van der Waals surface area contributed by atoms with Crippen LogP contribution in [0.2, 0.25) is 0 Å². The minimum atomic E-state index is 0.593. The highest BCUT2D eigenvalue weighted by molar-refractivity contribution is 5.56. The van der Waals surface area contributed by atoms with Gasteiger partial charge in [-0.3, -0.25) is 0 Å². The second kappa shape index (κ2) is 6.26. The van der Waals surface area contributed by atoms with Crippen molar-refractivity contribution in [2.45, 2.75) is 13.5 Å². The largest absolute Gasteiger partial charge is 0.494 e. The number of tetrazole rings is 1. The Bertz CT molecular complexity index is 734. The Balaban J connectivity index is 1.83. The number of hydrogen-bond acceptors (Lipinski definition) is 5. The van der Waals surface area contributed by atoms with Gasteiger partial charge in [0, 0.05) is 11.3 Å². The number of benzene rings is 2. The Labute approximate surface area is 128 Å². The molecule has 1 heterocycles. The first-order valence-corrected chi connectivity index (χ1v) is 7.10. The quantitative estimate of drug-likeness (QED) is 0.731. The van der Waals surface area contributed by atoms with Gasteiger partial charge in [-0.2, -0.15) is 0 Å². The van der Waals surface area contributed by atoms with Gasteiger partial charge in [-0.25, -0.2) is 4.68 Å². The predicted octanol–water partition coefficient (Wildman–Crippen LogP) is 2.37. The second-order valence-corrected chi connectivity index (χ2v) is 4.86. The minimum Gasteiger partial charge on any atom is -0.494 e. The zero-order valence-corrected chi connectivity index (χ0v) is 12.3. The van der Waals surface area contributed by atoms with Gasteiger partial charge in [-0.15, -0.1) is 5.10 Å². The van der Waals surface area contributed by atoms with Crippen LogP contribution in [0.25, 0.3) is 11.4 Å². The third-order valence-electron chi connectivity index (χ3n) is 3.27. The van der Waals surface area contributed by atoms with Crippen molar-refractivity contribution >= 4 is 5.69 Å². The summed E-state index contributed by atoms with van der Waals surface area (Å²) in [4.78, 5) is 0. The summed E-state index contributed by atoms with van der Waals surface area (Å²) < 4.78 is 7.21. The molecule has 0 aliphatic carbocycles. The van der Waals surface area contributed by atoms with Crippen molar-refractivity contribution in [1.29, 1.82) is 0 Å². The lowest BCUT2D eigenvalue weighted by molar-refractivity contribution is 0.340. The Morgan fingerprint density at radius 2 is 1.77 bits per heavy atom. The number of nitrogens with two attached hydrogens (primary N) is 1. The SMILES string of the molecule is CCOc1ccc(-c2nnnn2Cc2ccc(N)cc2)cc1. The molecule has 0 atom stereocenters. The van der Waals surface area contributed by atoms with Gasteiger partial charge in [-0.1, -0.05) is 12.1 Å². The van der Waals surface area contributed by atoms with Gasteiger partial charge in [0.05, 0.1) is 13.2 Å². The molecule has 0 saturated carbocycles. The zero-order chi connectivity index (χ0) is 15.4. The molecule has 6 nitrogen and oxygen atoms in total. The average molecular weight is 295 g/mol. The van der Waals surface area contributed by atoms with E-state index in [4.69, 9.17) is 10.5 Å². The standard InChI is InChI=1S/C16H17N5O/c1-2-22-15-9-5-13(6-10-15)16-18-19-20-21(16)11-12-3-7-14(17)8-4-12/h3-10H,2,11,17H2,1H3. The van der Waals surface area contributed by atoms with Crippen molar-refractivity contribution in [1.82, 2.24) is 20.2 Å². The fraction of sp³-hybridized carbons (Fsp3) is 0.188. The van der Waals surface area contributed by atoms with Crippen molar-refractivity contribution in [2.24, 2.45) is 0 Å². The molecule has 0 saturated heterocycles. The van der Waals surface area contributed by atoms with Gasteiger partial charge in [0.25, 0.3) is 0 Å². The first-order chi connectivity index (χ1) is 10.8. The van der Waals surface area contributed by atoms with Gasteiger partial charge in [0.2, 0.25) is 0 Å². The second-order valence-electron chi connectivity index (χ2n) is 4.86. The molecule has 2 N–H and O–H groups in total. The molecule has 0 aliphatic heterocycles. The predicted molar refractivity (Wildman–Crippen MR) is 84.4 cm³/mol. The number of rotatable bonds is 5. The van der Waals surface area contributed by atoms with Crippen LogP contribution >= 0.6 is 0 Å². The van der Waals surface area contributed by atoms with Gasteiger partial charge in [0.1, 0.15) is 5.75 Å². The molecule has 0 fully saturated rings. The maximum atomic E-state index is 5.70. The van der Waals surface area contributed by atoms with Crippen LogP contribution in [-0.4, -0.2) is 26.8 Å². The molecule has 0 amide bonds. The van der Waals surface area contributed by atoms with E-state index < -0.39 is 0 Å². The van der Waals surface area contributed by atoms with Crippen LogP contribution in [0.3, 0.4) is 0 Å². The van der Waals surface area contributed by atoms with Crippen LogP contribution in [0.15, 0.2) is 48.5 Å². The van der Waals surface area contributed by atoms with Crippen LogP contribution in [0.4, 0.5) is 5.69 Å². The van der Waals surface area contributed by atoms with Crippen molar-refractivity contribution in [3.05, 3.63) is 54.1 Å². The highest BCUT2D eigenvalue weighted by Crippen LogP contribution is 2.20. The number of nitrogen functional groups attached to an aromatic ring is 1. The summed E-state index contributed by atoms with van der Waals surface area (Å²) >= 11 is 0. The third-order valence-corrected chi connectivity index (χ3v) is 3.27. The van der Waals surface area contributed by atoms with Crippen molar-refractivity contribution in [2.75, 3.05) is 12.3 Å². The number of hydrogen-bond donors (Lipinski definition) is 1. The van der Waals surface area contributed by atoms with Crippen LogP contribution in [0.1, 0.15) is 12.5 Å². The molecular weight excluding hydrogens is 278 g/mol. The molecule has 2 aromatic carbocycles. The molecule has 0 bridgehead atoms. The van der Waals surface area contributed by atoms with E-state index in [0.717, 1.165) is 28.4 Å². The van der Waals surface area contributed by atoms with Crippen LogP contribution in [-0.2, 0) is 6.54 Å². The highest BCUT2D eigenvalue weighted by Gasteiger charge is 2.09. The van der Waals surface area contributed by atoms with Crippen molar-refractivity contribution in [3.63, 3.8) is 0 Å². The summed E-state index contributed by atoms with van der Waals surface area (Å²) in [7, 11) is 0. The monoisotopic (exact) mass is 295 g/mol. The van der Waals surface area contributed by atoms with Gasteiger partial charge in [0.15, 0.2) is 5.82 Å². The highest BCUT2D eigenvalue weighted by atomic mass is 16.5. The number of anilines is 1. The van der Waals surface area contributed by atoms with Gasteiger partial charge < -0.3 is 10.5 Å². The van der Waals surface area contributed by atoms with E-state index in [-0.39, 0.29) is 0 Å². The minimum absolute atomic E-state index is 0.593. The van der Waals surface area contributed by atoms with Gasteiger partial charge in [-0.05, 0) is 59.3 Å². The maximum Gasteiger partial charge on any atom is 0.182 e. The normalized spacial score (nSPS) is 10.6. The molecule has 0 unspecified atom stereocenters. The summed E-state index contributed by atoms with van der Waals surface area (Å²) in [6.07, 6.45) is 0. The summed E-state index contributed by atoms with van der Waals surface area (Å²) in [6, 6.07) is 15.4. The molecule has 0 aliphatic rings. The zero-order valence-electron chi connectivity index (χ0n) is 12.3. The Hall–Kier alpha value is -2.89. The molecule has 0 spiro atoms. The van der Waals surface area contributed by atoms with Gasteiger partial charge >= 0.3 is 0 Å². The van der Waals surface area contributed by atoms with E-state index in [2.05, 4.69) is 15.5 Å². The molecule has 112 valence electrons. The Morgan fingerprint density at radius 1 is 1.05 bits per heavy atom. The number of aromatic nitrogens is 4. The Kier molecular flexibility index (Phi) is 4.00. The lowest BCUT2D eigenvalue weighted by Gasteiger charge is -2.07. The number of nitrogens with zero attached hydrogens (tertiary/aromatic N) is 4.